The van der Waals surface area contributed by atoms with Crippen molar-refractivity contribution in [1.82, 2.24) is 4.57 Å². The minimum absolute atomic E-state index is 0.180. The van der Waals surface area contributed by atoms with Gasteiger partial charge in [0.15, 0.2) is 11.4 Å². The topological polar surface area (TPSA) is 116 Å². The fourth-order valence-electron chi connectivity index (χ4n) is 3.97. The third-order valence-electron chi connectivity index (χ3n) is 5.47. The maximum Gasteiger partial charge on any atom is 0.341 e. The van der Waals surface area contributed by atoms with E-state index in [1.54, 1.807) is 50.3 Å². The van der Waals surface area contributed by atoms with Gasteiger partial charge in [-0.05, 0) is 43.7 Å². The van der Waals surface area contributed by atoms with E-state index in [-0.39, 0.29) is 17.7 Å². The number of aliphatic carboxylic acids is 1. The van der Waals surface area contributed by atoms with E-state index in [4.69, 9.17) is 19.3 Å². The van der Waals surface area contributed by atoms with Gasteiger partial charge >= 0.3 is 11.9 Å². The molecular weight excluding hydrogens is 484 g/mol. The summed E-state index contributed by atoms with van der Waals surface area (Å²) in [5, 5.41) is 8.85. The minimum atomic E-state index is -1.09. The third-order valence-corrected chi connectivity index (χ3v) is 6.45. The minimum Gasteiger partial charge on any atom is -0.496 e. The number of para-hydroxylation sites is 1. The second-order valence-electron chi connectivity index (χ2n) is 7.80. The predicted octanol–water partition coefficient (Wildman–Crippen LogP) is 2.27. The van der Waals surface area contributed by atoms with Crippen molar-refractivity contribution in [3.8, 4) is 11.5 Å². The molecule has 1 aromatic heterocycles. The highest BCUT2D eigenvalue weighted by Crippen LogP contribution is 2.35. The first-order valence-corrected chi connectivity index (χ1v) is 11.9. The Morgan fingerprint density at radius 1 is 1.19 bits per heavy atom. The van der Waals surface area contributed by atoms with Crippen LogP contribution in [0, 0.1) is 0 Å². The van der Waals surface area contributed by atoms with Gasteiger partial charge in [-0.1, -0.05) is 41.7 Å². The van der Waals surface area contributed by atoms with Crippen LogP contribution in [-0.2, 0) is 14.3 Å². The van der Waals surface area contributed by atoms with Gasteiger partial charge in [0.1, 0.15) is 17.5 Å². The van der Waals surface area contributed by atoms with Gasteiger partial charge in [-0.2, -0.15) is 0 Å². The standard InChI is InChI=1S/C26H24N2O7S/c1-4-34-25(32)22-15(2)27-26-28(23(22)18-10-5-6-11-19(18)33-3)24(31)20(36-26)13-16-8-7-9-17(12-16)35-14-21(29)30/h5-13,23H,4,14H2,1-3H3,(H,29,30)/b20-13-/t23-/m0/s1. The molecule has 2 aromatic carbocycles. The second-order valence-corrected chi connectivity index (χ2v) is 8.81. The van der Waals surface area contributed by atoms with Crippen LogP contribution in [0.2, 0.25) is 0 Å². The molecule has 9 nitrogen and oxygen atoms in total. The molecule has 4 rings (SSSR count). The monoisotopic (exact) mass is 508 g/mol. The van der Waals surface area contributed by atoms with Crippen molar-refractivity contribution in [3.05, 3.63) is 90.6 Å². The Bertz CT molecular complexity index is 1530. The van der Waals surface area contributed by atoms with Gasteiger partial charge in [-0.15, -0.1) is 0 Å². The van der Waals surface area contributed by atoms with Crippen molar-refractivity contribution in [3.63, 3.8) is 0 Å². The molecule has 36 heavy (non-hydrogen) atoms. The maximum absolute atomic E-state index is 13.7. The van der Waals surface area contributed by atoms with Crippen LogP contribution in [0.25, 0.3) is 6.08 Å². The number of ether oxygens (including phenoxy) is 3. The van der Waals surface area contributed by atoms with Crippen LogP contribution in [0.1, 0.15) is 31.0 Å². The Kier molecular flexibility index (Phi) is 7.35. The van der Waals surface area contributed by atoms with Crippen molar-refractivity contribution >= 4 is 29.4 Å². The SMILES string of the molecule is CCOC(=O)C1=C(C)N=c2s/c(=C\c3cccc(OCC(=O)O)c3)c(=O)n2[C@H]1c1ccccc1OC. The molecule has 0 radical (unpaired) electrons. The van der Waals surface area contributed by atoms with E-state index in [0.29, 0.717) is 37.7 Å². The molecule has 0 saturated carbocycles. The van der Waals surface area contributed by atoms with Gasteiger partial charge in [-0.3, -0.25) is 9.36 Å². The van der Waals surface area contributed by atoms with E-state index >= 15 is 0 Å². The molecule has 1 aliphatic heterocycles. The van der Waals surface area contributed by atoms with E-state index < -0.39 is 24.6 Å². The largest absolute Gasteiger partial charge is 0.496 e. The Hall–Kier alpha value is -4.18. The van der Waals surface area contributed by atoms with Crippen LogP contribution < -0.4 is 24.4 Å². The van der Waals surface area contributed by atoms with Crippen molar-refractivity contribution in [1.29, 1.82) is 0 Å². The van der Waals surface area contributed by atoms with Crippen LogP contribution in [0.15, 0.2) is 69.6 Å². The van der Waals surface area contributed by atoms with Crippen LogP contribution in [-0.4, -0.2) is 41.9 Å². The Balaban J connectivity index is 1.89. The van der Waals surface area contributed by atoms with E-state index in [1.165, 1.54) is 23.0 Å². The normalized spacial score (nSPS) is 15.2. The van der Waals surface area contributed by atoms with E-state index in [9.17, 15) is 14.4 Å². The highest BCUT2D eigenvalue weighted by molar-refractivity contribution is 7.07. The highest BCUT2D eigenvalue weighted by Gasteiger charge is 2.34. The lowest BCUT2D eigenvalue weighted by Crippen LogP contribution is -2.40. The average Bonchev–Trinajstić information content (AvgIpc) is 3.16. The number of carboxylic acids is 1. The summed E-state index contributed by atoms with van der Waals surface area (Å²) < 4.78 is 18.0. The molecule has 0 saturated heterocycles. The number of carbonyl (C=O) groups is 2. The number of aromatic nitrogens is 1. The fraction of sp³-hybridized carbons (Fsp3) is 0.231. The fourth-order valence-corrected chi connectivity index (χ4v) is 5.02. The number of hydrogen-bond donors (Lipinski definition) is 1. The number of rotatable bonds is 8. The molecule has 0 amide bonds. The number of fused-ring (bicyclic) bond motifs is 1. The van der Waals surface area contributed by atoms with Gasteiger partial charge in [0, 0.05) is 5.56 Å². The summed E-state index contributed by atoms with van der Waals surface area (Å²) >= 11 is 1.19. The Labute approximate surface area is 210 Å². The quantitative estimate of drug-likeness (QED) is 0.464. The number of methoxy groups -OCH3 is 1. The molecule has 0 fully saturated rings. The van der Waals surface area contributed by atoms with Gasteiger partial charge in [0.05, 0.1) is 29.5 Å². The molecular formula is C26H24N2O7S. The van der Waals surface area contributed by atoms with Crippen molar-refractivity contribution in [2.75, 3.05) is 20.3 Å². The number of allylic oxidation sites excluding steroid dienone is 1. The van der Waals surface area contributed by atoms with Gasteiger partial charge in [0.25, 0.3) is 5.56 Å². The summed E-state index contributed by atoms with van der Waals surface area (Å²) in [6.07, 6.45) is 1.68. The van der Waals surface area contributed by atoms with Crippen molar-refractivity contribution in [2.24, 2.45) is 4.99 Å². The number of carbonyl (C=O) groups excluding carboxylic acids is 1. The maximum atomic E-state index is 13.7. The first-order valence-electron chi connectivity index (χ1n) is 11.1. The first kappa shape index (κ1) is 24.9. The average molecular weight is 509 g/mol. The zero-order chi connectivity index (χ0) is 25.8. The number of hydrogen-bond acceptors (Lipinski definition) is 8. The summed E-state index contributed by atoms with van der Waals surface area (Å²) in [6, 6.07) is 13.2. The Morgan fingerprint density at radius 3 is 2.69 bits per heavy atom. The molecule has 0 aliphatic carbocycles. The summed E-state index contributed by atoms with van der Waals surface area (Å²) in [5.41, 5.74) is 1.68. The smallest absolute Gasteiger partial charge is 0.341 e. The highest BCUT2D eigenvalue weighted by atomic mass is 32.1. The summed E-state index contributed by atoms with van der Waals surface area (Å²) in [6.45, 7) is 3.14. The predicted molar refractivity (Wildman–Crippen MR) is 133 cm³/mol. The molecule has 0 spiro atoms. The van der Waals surface area contributed by atoms with Crippen LogP contribution in [0.4, 0.5) is 0 Å². The third kappa shape index (κ3) is 4.94. The number of thiazole rings is 1. The van der Waals surface area contributed by atoms with E-state index in [0.717, 1.165) is 0 Å². The number of carboxylic acid groups (broad SMARTS) is 1. The van der Waals surface area contributed by atoms with Gasteiger partial charge < -0.3 is 19.3 Å². The molecule has 2 heterocycles. The lowest BCUT2D eigenvalue weighted by Gasteiger charge is -2.25. The molecule has 186 valence electrons. The molecule has 1 aliphatic rings. The van der Waals surface area contributed by atoms with Crippen molar-refractivity contribution < 1.29 is 28.9 Å². The molecule has 1 N–H and O–H groups in total. The summed E-state index contributed by atoms with van der Waals surface area (Å²) in [5.74, 6) is -0.742. The lowest BCUT2D eigenvalue weighted by molar-refractivity contribution is -0.140. The number of esters is 1. The van der Waals surface area contributed by atoms with Crippen LogP contribution in [0.5, 0.6) is 11.5 Å². The van der Waals surface area contributed by atoms with E-state index in [2.05, 4.69) is 4.99 Å². The molecule has 1 atom stereocenters. The first-order chi connectivity index (χ1) is 17.3. The van der Waals surface area contributed by atoms with Crippen molar-refractivity contribution in [2.45, 2.75) is 19.9 Å². The van der Waals surface area contributed by atoms with Gasteiger partial charge in [0.2, 0.25) is 0 Å². The summed E-state index contributed by atoms with van der Waals surface area (Å²) in [7, 11) is 1.53. The Morgan fingerprint density at radius 2 is 1.97 bits per heavy atom. The van der Waals surface area contributed by atoms with Crippen LogP contribution in [0.3, 0.4) is 0 Å². The second kappa shape index (κ2) is 10.6. The van der Waals surface area contributed by atoms with Gasteiger partial charge in [-0.25, -0.2) is 14.6 Å². The number of benzene rings is 2. The molecule has 0 unspecified atom stereocenters. The van der Waals surface area contributed by atoms with Crippen LogP contribution >= 0.6 is 11.3 Å². The molecule has 0 bridgehead atoms. The van der Waals surface area contributed by atoms with E-state index in [1.807, 2.05) is 18.2 Å². The summed E-state index contributed by atoms with van der Waals surface area (Å²) in [4.78, 5) is 42.5. The zero-order valence-corrected chi connectivity index (χ0v) is 20.7. The molecule has 3 aromatic rings. The number of nitrogens with zero attached hydrogens (tertiary/aromatic N) is 2. The zero-order valence-electron chi connectivity index (χ0n) is 19.9. The lowest BCUT2D eigenvalue weighted by atomic mass is 9.95. The molecule has 10 heteroatoms.